The fourth-order valence-corrected chi connectivity index (χ4v) is 4.21. The number of carbonyl (C=O) groups is 2. The van der Waals surface area contributed by atoms with Crippen molar-refractivity contribution in [1.29, 1.82) is 0 Å². The number of rotatable bonds is 9. The van der Waals surface area contributed by atoms with Gasteiger partial charge in [-0.2, -0.15) is 0 Å². The van der Waals surface area contributed by atoms with Crippen LogP contribution in [0.4, 0.5) is 0 Å². The van der Waals surface area contributed by atoms with Gasteiger partial charge in [0.1, 0.15) is 11.5 Å². The highest BCUT2D eigenvalue weighted by atomic mass is 16.5. The zero-order valence-corrected chi connectivity index (χ0v) is 20.3. The predicted molar refractivity (Wildman–Crippen MR) is 128 cm³/mol. The summed E-state index contributed by atoms with van der Waals surface area (Å²) in [5.41, 5.74) is 1.75. The van der Waals surface area contributed by atoms with Crippen LogP contribution >= 0.6 is 0 Å². The van der Waals surface area contributed by atoms with Gasteiger partial charge in [-0.3, -0.25) is 9.59 Å². The monoisotopic (exact) mass is 469 g/mol. The molecule has 8 heteroatoms. The van der Waals surface area contributed by atoms with E-state index in [1.54, 1.807) is 51.3 Å². The number of nitrogens with one attached hydrogen (secondary N) is 1. The van der Waals surface area contributed by atoms with Crippen LogP contribution in [0.3, 0.4) is 0 Å². The first-order chi connectivity index (χ1) is 16.2. The molecule has 2 aromatic rings. The zero-order chi connectivity index (χ0) is 25.0. The molecule has 1 fully saturated rings. The first kappa shape index (κ1) is 25.1. The lowest BCUT2D eigenvalue weighted by Crippen LogP contribution is -3.05. The van der Waals surface area contributed by atoms with Crippen molar-refractivity contribution in [2.45, 2.75) is 26.3 Å². The Morgan fingerprint density at radius 2 is 1.88 bits per heavy atom. The number of benzene rings is 2. The number of methoxy groups -OCH3 is 1. The average molecular weight is 470 g/mol. The summed E-state index contributed by atoms with van der Waals surface area (Å²) in [5.74, 6) is -0.792. The minimum atomic E-state index is -0.807. The number of aryl methyl sites for hydroxylation is 1. The fraction of sp³-hybridized carbons (Fsp3) is 0.385. The molecule has 2 aromatic carbocycles. The number of aliphatic hydroxyl groups is 1. The number of nitrogens with zero attached hydrogens (tertiary/aromatic N) is 1. The molecule has 0 bridgehead atoms. The van der Waals surface area contributed by atoms with Crippen molar-refractivity contribution in [3.05, 3.63) is 58.7 Å². The van der Waals surface area contributed by atoms with E-state index in [0.29, 0.717) is 42.0 Å². The van der Waals surface area contributed by atoms with Gasteiger partial charge in [0, 0.05) is 18.5 Å². The number of hydrogen-bond acceptors (Lipinski definition) is 6. The van der Waals surface area contributed by atoms with Gasteiger partial charge in [-0.05, 0) is 55.3 Å². The number of carbonyl (C=O) groups excluding carboxylic acids is 2. The third kappa shape index (κ3) is 5.02. The van der Waals surface area contributed by atoms with Crippen molar-refractivity contribution in [2.75, 3.05) is 40.9 Å². The summed E-state index contributed by atoms with van der Waals surface area (Å²) in [7, 11) is 5.59. The van der Waals surface area contributed by atoms with Crippen LogP contribution in [-0.2, 0) is 9.59 Å². The second kappa shape index (κ2) is 10.6. The molecule has 0 aromatic heterocycles. The molecule has 8 nitrogen and oxygen atoms in total. The number of aliphatic hydroxyl groups excluding tert-OH is 1. The zero-order valence-electron chi connectivity index (χ0n) is 20.3. The van der Waals surface area contributed by atoms with Crippen molar-refractivity contribution in [2.24, 2.45) is 0 Å². The minimum Gasteiger partial charge on any atom is -0.507 e. The highest BCUT2D eigenvalue weighted by molar-refractivity contribution is 6.46. The van der Waals surface area contributed by atoms with Crippen LogP contribution in [0, 0.1) is 6.92 Å². The van der Waals surface area contributed by atoms with Crippen LogP contribution < -0.4 is 14.4 Å². The Balaban J connectivity index is 2.16. The van der Waals surface area contributed by atoms with Crippen LogP contribution in [-0.4, -0.2) is 67.7 Å². The van der Waals surface area contributed by atoms with E-state index in [0.717, 1.165) is 6.54 Å². The number of phenols is 1. The van der Waals surface area contributed by atoms with Gasteiger partial charge in [-0.15, -0.1) is 0 Å². The van der Waals surface area contributed by atoms with Crippen molar-refractivity contribution < 1.29 is 34.2 Å². The summed E-state index contributed by atoms with van der Waals surface area (Å²) in [6.07, 6.45) is 0.684. The van der Waals surface area contributed by atoms with Gasteiger partial charge in [-0.1, -0.05) is 6.07 Å². The lowest BCUT2D eigenvalue weighted by atomic mass is 9.93. The molecular weight excluding hydrogens is 436 g/mol. The molecule has 3 rings (SSSR count). The Kier molecular flexibility index (Phi) is 7.83. The summed E-state index contributed by atoms with van der Waals surface area (Å²) in [5, 5.41) is 21.5. The Morgan fingerprint density at radius 3 is 2.50 bits per heavy atom. The molecule has 182 valence electrons. The van der Waals surface area contributed by atoms with E-state index in [9.17, 15) is 19.8 Å². The minimum absolute atomic E-state index is 0.0172. The fourth-order valence-electron chi connectivity index (χ4n) is 4.21. The maximum atomic E-state index is 13.2. The quantitative estimate of drug-likeness (QED) is 0.295. The van der Waals surface area contributed by atoms with E-state index in [2.05, 4.69) is 0 Å². The molecule has 1 atom stereocenters. The second-order valence-electron chi connectivity index (χ2n) is 8.64. The maximum absolute atomic E-state index is 13.2. The molecule has 1 saturated heterocycles. The molecule has 1 heterocycles. The Morgan fingerprint density at radius 1 is 1.15 bits per heavy atom. The van der Waals surface area contributed by atoms with E-state index in [1.165, 1.54) is 15.9 Å². The van der Waals surface area contributed by atoms with Crippen LogP contribution in [0.15, 0.2) is 42.0 Å². The predicted octanol–water partition coefficient (Wildman–Crippen LogP) is 2.06. The van der Waals surface area contributed by atoms with E-state index < -0.39 is 17.7 Å². The van der Waals surface area contributed by atoms with Gasteiger partial charge in [0.25, 0.3) is 11.7 Å². The second-order valence-corrected chi connectivity index (χ2v) is 8.64. The largest absolute Gasteiger partial charge is 0.507 e. The van der Waals surface area contributed by atoms with Crippen molar-refractivity contribution in [3.63, 3.8) is 0 Å². The van der Waals surface area contributed by atoms with E-state index in [-0.39, 0.29) is 22.8 Å². The Hall–Kier alpha value is -3.52. The molecule has 3 N–H and O–H groups in total. The number of quaternary nitrogens is 1. The van der Waals surface area contributed by atoms with Crippen LogP contribution in [0.5, 0.6) is 17.2 Å². The number of hydrogen-bond donors (Lipinski definition) is 3. The summed E-state index contributed by atoms with van der Waals surface area (Å²) < 4.78 is 10.8. The van der Waals surface area contributed by atoms with Crippen molar-refractivity contribution in [3.8, 4) is 17.2 Å². The van der Waals surface area contributed by atoms with Gasteiger partial charge < -0.3 is 29.5 Å². The first-order valence-electron chi connectivity index (χ1n) is 11.4. The average Bonchev–Trinajstić information content (AvgIpc) is 3.05. The highest BCUT2D eigenvalue weighted by Crippen LogP contribution is 2.42. The van der Waals surface area contributed by atoms with Gasteiger partial charge in [0.15, 0.2) is 11.5 Å². The Bertz CT molecular complexity index is 1110. The lowest BCUT2D eigenvalue weighted by Gasteiger charge is -2.26. The number of ether oxygens (including phenoxy) is 2. The summed E-state index contributed by atoms with van der Waals surface area (Å²) in [6.45, 7) is 5.11. The molecular formula is C26H33N2O6+. The number of phenolic OH excluding ortho intramolecular Hbond substituents is 1. The number of amides is 1. The van der Waals surface area contributed by atoms with Crippen LogP contribution in [0.2, 0.25) is 0 Å². The van der Waals surface area contributed by atoms with Crippen molar-refractivity contribution >= 4 is 17.4 Å². The normalized spacial score (nSPS) is 17.5. The molecule has 34 heavy (non-hydrogen) atoms. The number of ketones is 1. The topological polar surface area (TPSA) is 101 Å². The molecule has 0 aliphatic carbocycles. The number of likely N-dealkylation sites (tertiary alicyclic amines) is 1. The van der Waals surface area contributed by atoms with Crippen LogP contribution in [0.25, 0.3) is 5.76 Å². The number of Topliss-reactive ketones (excluding diaryl/α,β-unsaturated/α-hetero) is 1. The lowest BCUT2D eigenvalue weighted by molar-refractivity contribution is -0.858. The SMILES string of the molecule is CCOc1cc(C2C(=C(O)c3ccc(OC)cc3C)C(=O)C(=O)N2CCC[NH+](C)C)ccc1O. The van der Waals surface area contributed by atoms with E-state index >= 15 is 0 Å². The molecule has 1 aliphatic heterocycles. The van der Waals surface area contributed by atoms with E-state index in [1.807, 2.05) is 14.1 Å². The van der Waals surface area contributed by atoms with Gasteiger partial charge >= 0.3 is 0 Å². The first-order valence-corrected chi connectivity index (χ1v) is 11.4. The van der Waals surface area contributed by atoms with Crippen LogP contribution in [0.1, 0.15) is 36.1 Å². The summed E-state index contributed by atoms with van der Waals surface area (Å²) >= 11 is 0. The van der Waals surface area contributed by atoms with Gasteiger partial charge in [-0.25, -0.2) is 0 Å². The highest BCUT2D eigenvalue weighted by Gasteiger charge is 2.46. The maximum Gasteiger partial charge on any atom is 0.295 e. The molecule has 1 aliphatic rings. The third-order valence-electron chi connectivity index (χ3n) is 5.90. The molecule has 1 amide bonds. The standard InChI is InChI=1S/C26H32N2O6/c1-6-34-21-15-17(8-11-20(21)29)23-22(24(30)19-10-9-18(33-5)14-16(19)2)25(31)26(32)28(23)13-7-12-27(3)4/h8-11,14-15,23,29-30H,6-7,12-13H2,1-5H3/p+1. The Labute approximate surface area is 200 Å². The third-order valence-corrected chi connectivity index (χ3v) is 5.90. The van der Waals surface area contributed by atoms with Crippen molar-refractivity contribution in [1.82, 2.24) is 4.90 Å². The smallest absolute Gasteiger partial charge is 0.295 e. The molecule has 0 saturated carbocycles. The van der Waals surface area contributed by atoms with Gasteiger partial charge in [0.2, 0.25) is 0 Å². The van der Waals surface area contributed by atoms with Gasteiger partial charge in [0.05, 0.1) is 46.0 Å². The number of aromatic hydroxyl groups is 1. The van der Waals surface area contributed by atoms with E-state index in [4.69, 9.17) is 9.47 Å². The molecule has 0 radical (unpaired) electrons. The molecule has 0 spiro atoms. The summed E-state index contributed by atoms with van der Waals surface area (Å²) in [4.78, 5) is 29.0. The molecule has 1 unspecified atom stereocenters. The summed E-state index contributed by atoms with van der Waals surface area (Å²) in [6, 6.07) is 9.06.